The Hall–Kier alpha value is -2.15. The van der Waals surface area contributed by atoms with Crippen LogP contribution in [0.2, 0.25) is 0 Å². The summed E-state index contributed by atoms with van der Waals surface area (Å²) in [6.07, 6.45) is 7.02. The average molecular weight is 363 g/mol. The fourth-order valence-corrected chi connectivity index (χ4v) is 2.58. The Morgan fingerprint density at radius 2 is 1.92 bits per heavy atom. The van der Waals surface area contributed by atoms with Gasteiger partial charge in [-0.1, -0.05) is 27.2 Å². The molecule has 0 saturated heterocycles. The maximum atomic E-state index is 12.2. The van der Waals surface area contributed by atoms with Gasteiger partial charge in [0.2, 0.25) is 0 Å². The highest BCUT2D eigenvalue weighted by atomic mass is 32.1. The number of pyridine rings is 1. The first kappa shape index (κ1) is 20.9. The summed E-state index contributed by atoms with van der Waals surface area (Å²) >= 11 is -0.750. The SMILES string of the molecule is CCCCc1cnc(C)nc1-c1cc(C(C)C)c(=O)n(C)c1.O=S=O. The smallest absolute Gasteiger partial charge is 0.318 e. The van der Waals surface area contributed by atoms with Crippen molar-refractivity contribution in [1.29, 1.82) is 0 Å². The fourth-order valence-electron chi connectivity index (χ4n) is 2.58. The van der Waals surface area contributed by atoms with Gasteiger partial charge in [0, 0.05) is 30.6 Å². The van der Waals surface area contributed by atoms with E-state index in [2.05, 4.69) is 16.9 Å². The Labute approximate surface area is 151 Å². The normalized spacial score (nSPS) is 10.3. The van der Waals surface area contributed by atoms with E-state index in [0.29, 0.717) is 0 Å². The number of nitrogens with zero attached hydrogens (tertiary/aromatic N) is 3. The first-order valence-electron chi connectivity index (χ1n) is 8.30. The molecule has 0 atom stereocenters. The van der Waals surface area contributed by atoms with Gasteiger partial charge in [-0.2, -0.15) is 8.42 Å². The van der Waals surface area contributed by atoms with E-state index in [1.54, 1.807) is 11.6 Å². The summed E-state index contributed by atoms with van der Waals surface area (Å²) in [6, 6.07) is 1.99. The van der Waals surface area contributed by atoms with Crippen LogP contribution in [0.5, 0.6) is 0 Å². The van der Waals surface area contributed by atoms with Crippen molar-refractivity contribution < 1.29 is 8.42 Å². The number of aryl methyl sites for hydroxylation is 3. The highest BCUT2D eigenvalue weighted by molar-refractivity contribution is 7.51. The number of unbranched alkanes of at least 4 members (excludes halogenated alkanes) is 1. The molecule has 0 aliphatic rings. The van der Waals surface area contributed by atoms with Gasteiger partial charge in [0.1, 0.15) is 5.82 Å². The van der Waals surface area contributed by atoms with Crippen LogP contribution in [0.1, 0.15) is 56.5 Å². The number of rotatable bonds is 5. The lowest BCUT2D eigenvalue weighted by Crippen LogP contribution is -2.21. The Morgan fingerprint density at radius 1 is 1.28 bits per heavy atom. The van der Waals surface area contributed by atoms with Gasteiger partial charge in [-0.15, -0.1) is 0 Å². The zero-order valence-electron chi connectivity index (χ0n) is 15.4. The van der Waals surface area contributed by atoms with Gasteiger partial charge in [-0.3, -0.25) is 4.79 Å². The molecule has 25 heavy (non-hydrogen) atoms. The van der Waals surface area contributed by atoms with Crippen molar-refractivity contribution in [3.05, 3.63) is 45.8 Å². The van der Waals surface area contributed by atoms with Gasteiger partial charge < -0.3 is 4.57 Å². The van der Waals surface area contributed by atoms with Crippen LogP contribution in [0.3, 0.4) is 0 Å². The molecular formula is C18H25N3O3S. The van der Waals surface area contributed by atoms with E-state index in [0.717, 1.165) is 47.5 Å². The lowest BCUT2D eigenvalue weighted by molar-refractivity contribution is 0.630. The summed E-state index contributed by atoms with van der Waals surface area (Å²) < 4.78 is 18.2. The lowest BCUT2D eigenvalue weighted by Gasteiger charge is -2.13. The molecule has 7 heteroatoms. The van der Waals surface area contributed by atoms with Crippen LogP contribution in [0.4, 0.5) is 0 Å². The molecule has 2 aromatic heterocycles. The third kappa shape index (κ3) is 5.70. The van der Waals surface area contributed by atoms with Crippen molar-refractivity contribution in [1.82, 2.24) is 14.5 Å². The van der Waals surface area contributed by atoms with Gasteiger partial charge in [0.05, 0.1) is 5.69 Å². The van der Waals surface area contributed by atoms with Gasteiger partial charge in [-0.05, 0) is 37.3 Å². The molecule has 0 fully saturated rings. The zero-order valence-corrected chi connectivity index (χ0v) is 16.2. The van der Waals surface area contributed by atoms with E-state index < -0.39 is 11.6 Å². The Balaban J connectivity index is 0.000000970. The molecule has 0 N–H and O–H groups in total. The highest BCUT2D eigenvalue weighted by Crippen LogP contribution is 2.24. The van der Waals surface area contributed by atoms with Crippen LogP contribution in [0, 0.1) is 6.92 Å². The highest BCUT2D eigenvalue weighted by Gasteiger charge is 2.13. The Bertz CT molecular complexity index is 810. The van der Waals surface area contributed by atoms with Crippen molar-refractivity contribution in [2.24, 2.45) is 7.05 Å². The van der Waals surface area contributed by atoms with Gasteiger partial charge >= 0.3 is 11.6 Å². The molecule has 0 aliphatic carbocycles. The molecule has 2 rings (SSSR count). The Morgan fingerprint density at radius 3 is 2.48 bits per heavy atom. The molecule has 2 aromatic rings. The molecule has 136 valence electrons. The maximum Gasteiger partial charge on any atom is 0.335 e. The summed E-state index contributed by atoms with van der Waals surface area (Å²) in [5.41, 5.74) is 4.01. The number of aromatic nitrogens is 3. The third-order valence-corrected chi connectivity index (χ3v) is 3.89. The van der Waals surface area contributed by atoms with Crippen LogP contribution in [0.25, 0.3) is 11.3 Å². The van der Waals surface area contributed by atoms with E-state index in [-0.39, 0.29) is 11.5 Å². The fraction of sp³-hybridized carbons (Fsp3) is 0.500. The molecule has 0 spiro atoms. The second-order valence-corrected chi connectivity index (χ2v) is 6.35. The van der Waals surface area contributed by atoms with Crippen LogP contribution < -0.4 is 5.56 Å². The molecule has 0 bridgehead atoms. The van der Waals surface area contributed by atoms with Crippen LogP contribution in [-0.2, 0) is 25.0 Å². The molecule has 0 unspecified atom stereocenters. The topological polar surface area (TPSA) is 81.9 Å². The molecule has 0 radical (unpaired) electrons. The Kier molecular flexibility index (Phi) is 8.34. The second kappa shape index (κ2) is 9.98. The van der Waals surface area contributed by atoms with Crippen LogP contribution >= 0.6 is 0 Å². The van der Waals surface area contributed by atoms with E-state index in [9.17, 15) is 4.79 Å². The minimum atomic E-state index is -0.750. The zero-order chi connectivity index (χ0) is 19.0. The van der Waals surface area contributed by atoms with Crippen molar-refractivity contribution >= 4 is 11.6 Å². The molecule has 0 aliphatic heterocycles. The summed E-state index contributed by atoms with van der Waals surface area (Å²) in [4.78, 5) is 21.2. The van der Waals surface area contributed by atoms with E-state index in [4.69, 9.17) is 8.42 Å². The second-order valence-electron chi connectivity index (χ2n) is 6.22. The van der Waals surface area contributed by atoms with E-state index in [1.807, 2.05) is 39.2 Å². The quantitative estimate of drug-likeness (QED) is 0.816. The average Bonchev–Trinajstić information content (AvgIpc) is 2.56. The number of hydrogen-bond acceptors (Lipinski definition) is 5. The minimum Gasteiger partial charge on any atom is -0.318 e. The summed E-state index contributed by atoms with van der Waals surface area (Å²) in [5.74, 6) is 0.955. The predicted molar refractivity (Wildman–Crippen MR) is 99.1 cm³/mol. The van der Waals surface area contributed by atoms with E-state index >= 15 is 0 Å². The van der Waals surface area contributed by atoms with Gasteiger partial charge in [-0.25, -0.2) is 9.97 Å². The third-order valence-electron chi connectivity index (χ3n) is 3.89. The van der Waals surface area contributed by atoms with Crippen molar-refractivity contribution in [3.63, 3.8) is 0 Å². The van der Waals surface area contributed by atoms with Crippen molar-refractivity contribution in [3.8, 4) is 11.3 Å². The van der Waals surface area contributed by atoms with Crippen LogP contribution in [-0.4, -0.2) is 23.0 Å². The summed E-state index contributed by atoms with van der Waals surface area (Å²) in [5, 5.41) is 0. The van der Waals surface area contributed by atoms with Crippen molar-refractivity contribution in [2.75, 3.05) is 0 Å². The molecule has 0 amide bonds. The molecular weight excluding hydrogens is 338 g/mol. The first-order chi connectivity index (χ1) is 11.8. The molecule has 0 saturated carbocycles. The first-order valence-corrected chi connectivity index (χ1v) is 8.97. The maximum absolute atomic E-state index is 12.2. The van der Waals surface area contributed by atoms with Gasteiger partial charge in [0.15, 0.2) is 0 Å². The molecule has 6 nitrogen and oxygen atoms in total. The van der Waals surface area contributed by atoms with E-state index in [1.165, 1.54) is 0 Å². The summed E-state index contributed by atoms with van der Waals surface area (Å²) in [7, 11) is 1.80. The van der Waals surface area contributed by atoms with Gasteiger partial charge in [0.25, 0.3) is 5.56 Å². The molecule has 2 heterocycles. The monoisotopic (exact) mass is 363 g/mol. The van der Waals surface area contributed by atoms with Crippen molar-refractivity contribution in [2.45, 2.75) is 52.9 Å². The predicted octanol–water partition coefficient (Wildman–Crippen LogP) is 2.95. The summed E-state index contributed by atoms with van der Waals surface area (Å²) in [6.45, 7) is 8.17. The standard InChI is InChI=1S/C18H25N3O.O2S/c1-6-7-8-14-10-19-13(4)20-17(14)15-9-16(12(2)3)18(22)21(5)11-15;1-3-2/h9-12H,6-8H2,1-5H3;. The minimum absolute atomic E-state index is 0.0691. The lowest BCUT2D eigenvalue weighted by atomic mass is 9.99. The van der Waals surface area contributed by atoms with Crippen LogP contribution in [0.15, 0.2) is 23.3 Å². The largest absolute Gasteiger partial charge is 0.335 e. The molecule has 0 aromatic carbocycles. The number of hydrogen-bond donors (Lipinski definition) is 0.